The van der Waals surface area contributed by atoms with E-state index in [1.807, 2.05) is 4.90 Å². The summed E-state index contributed by atoms with van der Waals surface area (Å²) in [5.74, 6) is 1.02. The monoisotopic (exact) mass is 320 g/mol. The van der Waals surface area contributed by atoms with Gasteiger partial charge in [0.25, 0.3) is 0 Å². The molecule has 0 aromatic rings. The van der Waals surface area contributed by atoms with E-state index in [9.17, 15) is 4.79 Å². The first-order chi connectivity index (χ1) is 10.9. The molecule has 2 heterocycles. The summed E-state index contributed by atoms with van der Waals surface area (Å²) in [7, 11) is 0. The van der Waals surface area contributed by atoms with E-state index in [0.717, 1.165) is 45.7 Å². The zero-order valence-corrected chi connectivity index (χ0v) is 15.2. The molecular weight excluding hydrogens is 288 g/mol. The highest BCUT2D eigenvalue weighted by Gasteiger charge is 2.37. The molecule has 1 amide bonds. The minimum absolute atomic E-state index is 0.0631. The third-order valence-electron chi connectivity index (χ3n) is 5.10. The van der Waals surface area contributed by atoms with Crippen molar-refractivity contribution in [2.24, 2.45) is 11.8 Å². The van der Waals surface area contributed by atoms with Crippen LogP contribution in [0.3, 0.4) is 0 Å². The average Bonchev–Trinajstić information content (AvgIpc) is 2.96. The summed E-state index contributed by atoms with van der Waals surface area (Å²) in [5.41, 5.74) is 0. The van der Waals surface area contributed by atoms with Crippen LogP contribution in [0, 0.1) is 23.2 Å². The van der Waals surface area contributed by atoms with Gasteiger partial charge in [-0.25, -0.2) is 0 Å². The Morgan fingerprint density at radius 2 is 1.91 bits per heavy atom. The van der Waals surface area contributed by atoms with Crippen molar-refractivity contribution in [1.82, 2.24) is 14.7 Å². The first-order valence-electron chi connectivity index (χ1n) is 9.06. The maximum absolute atomic E-state index is 13.0. The summed E-state index contributed by atoms with van der Waals surface area (Å²) in [6.45, 7) is 14.3. The van der Waals surface area contributed by atoms with Gasteiger partial charge in [-0.3, -0.25) is 9.69 Å². The van der Waals surface area contributed by atoms with Crippen molar-refractivity contribution in [3.63, 3.8) is 0 Å². The molecule has 0 aliphatic carbocycles. The minimum atomic E-state index is 0.0631. The standard InChI is InChI=1S/C18H32N4O/c1-14(2)11-20-9-10-22(17(13-20)5-7-19)18(23)16-6-8-21(12-16)15(3)4/h14-17H,5-6,8-13H2,1-4H3/t16-,17-/m1/s1. The Labute approximate surface area is 141 Å². The fourth-order valence-corrected chi connectivity index (χ4v) is 3.86. The third-order valence-corrected chi connectivity index (χ3v) is 5.10. The maximum atomic E-state index is 13.0. The van der Waals surface area contributed by atoms with Crippen molar-refractivity contribution >= 4 is 5.91 Å². The lowest BCUT2D eigenvalue weighted by atomic mass is 10.0. The SMILES string of the molecule is CC(C)CN1CCN(C(=O)[C@@H]2CCN(C(C)C)C2)[C@H](CC#N)C1. The molecule has 0 aromatic heterocycles. The van der Waals surface area contributed by atoms with Crippen molar-refractivity contribution in [2.45, 2.75) is 52.6 Å². The van der Waals surface area contributed by atoms with Crippen molar-refractivity contribution in [3.8, 4) is 6.07 Å². The Morgan fingerprint density at radius 1 is 1.17 bits per heavy atom. The van der Waals surface area contributed by atoms with E-state index in [1.54, 1.807) is 0 Å². The third kappa shape index (κ3) is 4.68. The summed E-state index contributed by atoms with van der Waals surface area (Å²) in [4.78, 5) is 19.8. The Morgan fingerprint density at radius 3 is 2.48 bits per heavy atom. The first-order valence-corrected chi connectivity index (χ1v) is 9.06. The average molecular weight is 320 g/mol. The molecule has 2 aliphatic rings. The summed E-state index contributed by atoms with van der Waals surface area (Å²) in [6, 6.07) is 2.85. The second-order valence-corrected chi connectivity index (χ2v) is 7.78. The number of nitrogens with zero attached hydrogens (tertiary/aromatic N) is 4. The smallest absolute Gasteiger partial charge is 0.227 e. The highest BCUT2D eigenvalue weighted by atomic mass is 16.2. The highest BCUT2D eigenvalue weighted by molar-refractivity contribution is 5.80. The molecule has 2 atom stereocenters. The van der Waals surface area contributed by atoms with Crippen LogP contribution in [0.2, 0.25) is 0 Å². The second-order valence-electron chi connectivity index (χ2n) is 7.78. The van der Waals surface area contributed by atoms with E-state index in [0.29, 0.717) is 18.4 Å². The normalized spacial score (nSPS) is 26.9. The van der Waals surface area contributed by atoms with Crippen LogP contribution in [0.15, 0.2) is 0 Å². The number of likely N-dealkylation sites (tertiary alicyclic amines) is 1. The van der Waals surface area contributed by atoms with Crippen molar-refractivity contribution in [2.75, 3.05) is 39.3 Å². The van der Waals surface area contributed by atoms with Gasteiger partial charge in [-0.05, 0) is 32.7 Å². The molecule has 2 fully saturated rings. The summed E-state index contributed by atoms with van der Waals surface area (Å²) < 4.78 is 0. The number of amides is 1. The van der Waals surface area contributed by atoms with Gasteiger partial charge in [0.05, 0.1) is 24.4 Å². The highest BCUT2D eigenvalue weighted by Crippen LogP contribution is 2.24. The zero-order valence-electron chi connectivity index (χ0n) is 15.2. The molecular formula is C18H32N4O. The molecule has 5 heteroatoms. The largest absolute Gasteiger partial charge is 0.336 e. The van der Waals surface area contributed by atoms with E-state index in [1.165, 1.54) is 0 Å². The van der Waals surface area contributed by atoms with Gasteiger partial charge in [0, 0.05) is 38.8 Å². The lowest BCUT2D eigenvalue weighted by Gasteiger charge is -2.42. The van der Waals surface area contributed by atoms with Crippen LogP contribution in [0.5, 0.6) is 0 Å². The van der Waals surface area contributed by atoms with Crippen LogP contribution in [0.1, 0.15) is 40.5 Å². The van der Waals surface area contributed by atoms with E-state index < -0.39 is 0 Å². The van der Waals surface area contributed by atoms with Crippen LogP contribution < -0.4 is 0 Å². The van der Waals surface area contributed by atoms with Crippen LogP contribution in [0.4, 0.5) is 0 Å². The first kappa shape index (κ1) is 18.2. The van der Waals surface area contributed by atoms with Crippen LogP contribution >= 0.6 is 0 Å². The molecule has 2 aliphatic heterocycles. The minimum Gasteiger partial charge on any atom is -0.336 e. The van der Waals surface area contributed by atoms with Gasteiger partial charge in [-0.2, -0.15) is 5.26 Å². The van der Waals surface area contributed by atoms with Crippen LogP contribution in [-0.2, 0) is 4.79 Å². The zero-order chi connectivity index (χ0) is 17.0. The van der Waals surface area contributed by atoms with Gasteiger partial charge in [0.15, 0.2) is 0 Å². The summed E-state index contributed by atoms with van der Waals surface area (Å²) in [6.07, 6.45) is 1.41. The Hall–Kier alpha value is -1.12. The second kappa shape index (κ2) is 8.12. The molecule has 0 spiro atoms. The van der Waals surface area contributed by atoms with E-state index in [-0.39, 0.29) is 17.9 Å². The molecule has 2 rings (SSSR count). The number of rotatable bonds is 5. The molecule has 0 saturated carbocycles. The van der Waals surface area contributed by atoms with Gasteiger partial charge in [0.1, 0.15) is 0 Å². The predicted molar refractivity (Wildman–Crippen MR) is 91.8 cm³/mol. The molecule has 0 aromatic carbocycles. The van der Waals surface area contributed by atoms with Gasteiger partial charge >= 0.3 is 0 Å². The molecule has 5 nitrogen and oxygen atoms in total. The number of hydrogen-bond donors (Lipinski definition) is 0. The number of carbonyl (C=O) groups is 1. The fourth-order valence-electron chi connectivity index (χ4n) is 3.86. The molecule has 130 valence electrons. The number of hydrogen-bond acceptors (Lipinski definition) is 4. The van der Waals surface area contributed by atoms with Crippen molar-refractivity contribution in [1.29, 1.82) is 5.26 Å². The van der Waals surface area contributed by atoms with Gasteiger partial charge < -0.3 is 9.80 Å². The van der Waals surface area contributed by atoms with Crippen molar-refractivity contribution in [3.05, 3.63) is 0 Å². The van der Waals surface area contributed by atoms with Gasteiger partial charge in [0.2, 0.25) is 5.91 Å². The predicted octanol–water partition coefficient (Wildman–Crippen LogP) is 1.80. The quantitative estimate of drug-likeness (QED) is 0.775. The van der Waals surface area contributed by atoms with E-state index in [2.05, 4.69) is 43.6 Å². The Bertz CT molecular complexity index is 443. The molecule has 0 N–H and O–H groups in total. The summed E-state index contributed by atoms with van der Waals surface area (Å²) in [5, 5.41) is 9.15. The van der Waals surface area contributed by atoms with Crippen LogP contribution in [-0.4, -0.2) is 72.0 Å². The molecule has 2 saturated heterocycles. The topological polar surface area (TPSA) is 50.6 Å². The molecule has 23 heavy (non-hydrogen) atoms. The summed E-state index contributed by atoms with van der Waals surface area (Å²) >= 11 is 0. The van der Waals surface area contributed by atoms with Crippen LogP contribution in [0.25, 0.3) is 0 Å². The lowest BCUT2D eigenvalue weighted by Crippen LogP contribution is -2.57. The van der Waals surface area contributed by atoms with Gasteiger partial charge in [-0.1, -0.05) is 13.8 Å². The molecule has 0 radical (unpaired) electrons. The number of nitriles is 1. The van der Waals surface area contributed by atoms with Crippen molar-refractivity contribution < 1.29 is 4.79 Å². The molecule has 0 bridgehead atoms. The lowest BCUT2D eigenvalue weighted by molar-refractivity contribution is -0.140. The fraction of sp³-hybridized carbons (Fsp3) is 0.889. The van der Waals surface area contributed by atoms with E-state index in [4.69, 9.17) is 5.26 Å². The molecule has 0 unspecified atom stereocenters. The Balaban J connectivity index is 1.97. The van der Waals surface area contributed by atoms with Gasteiger partial charge in [-0.15, -0.1) is 0 Å². The van der Waals surface area contributed by atoms with E-state index >= 15 is 0 Å². The number of piperazine rings is 1. The maximum Gasteiger partial charge on any atom is 0.227 e. The Kier molecular flexibility index (Phi) is 6.43. The number of carbonyl (C=O) groups excluding carboxylic acids is 1.